The number of carbonyl (C=O) groups excluding carboxylic acids is 1. The van der Waals surface area contributed by atoms with Crippen LogP contribution in [0.4, 0.5) is 5.69 Å². The number of ketones is 1. The van der Waals surface area contributed by atoms with E-state index >= 15 is 0 Å². The molecule has 0 bridgehead atoms. The van der Waals surface area contributed by atoms with E-state index in [1.165, 1.54) is 0 Å². The molecule has 1 atom stereocenters. The van der Waals surface area contributed by atoms with Gasteiger partial charge in [0.15, 0.2) is 5.78 Å². The van der Waals surface area contributed by atoms with Gasteiger partial charge in [0.25, 0.3) is 0 Å². The number of carbonyl (C=O) groups is 1. The summed E-state index contributed by atoms with van der Waals surface area (Å²) < 4.78 is 5.33. The van der Waals surface area contributed by atoms with Crippen molar-refractivity contribution in [3.8, 4) is 11.4 Å². The normalized spacial score (nSPS) is 16.2. The number of rotatable bonds is 2. The summed E-state index contributed by atoms with van der Waals surface area (Å²) >= 11 is 0. The number of benzene rings is 2. The van der Waals surface area contributed by atoms with Crippen molar-refractivity contribution < 1.29 is 9.32 Å². The fourth-order valence-corrected chi connectivity index (χ4v) is 2.71. The predicted molar refractivity (Wildman–Crippen MR) is 90.9 cm³/mol. The topological polar surface area (TPSA) is 68.3 Å². The highest BCUT2D eigenvalue weighted by Gasteiger charge is 2.31. The van der Waals surface area contributed by atoms with Crippen LogP contribution in [-0.4, -0.2) is 22.1 Å². The molecule has 1 aliphatic heterocycles. The first-order valence-electron chi connectivity index (χ1n) is 7.71. The van der Waals surface area contributed by atoms with Crippen molar-refractivity contribution in [3.05, 3.63) is 65.0 Å². The van der Waals surface area contributed by atoms with Crippen molar-refractivity contribution in [1.82, 2.24) is 10.1 Å². The zero-order valence-electron chi connectivity index (χ0n) is 13.4. The average molecular weight is 317 g/mol. The first kappa shape index (κ1) is 14.5. The van der Waals surface area contributed by atoms with Crippen molar-refractivity contribution in [2.45, 2.75) is 19.8 Å². The van der Waals surface area contributed by atoms with E-state index in [4.69, 9.17) is 4.52 Å². The molecule has 1 unspecified atom stereocenters. The standard InChI is InChI=1S/C19H15N3O2/c1-11-3-6-13(7-4-11)18-21-19(24-22-18)15-10-20-16-8-5-12(2)9-14(16)17(15)23/h3-10,15H,1-2H3. The summed E-state index contributed by atoms with van der Waals surface area (Å²) in [7, 11) is 0. The van der Waals surface area contributed by atoms with Crippen LogP contribution in [0, 0.1) is 13.8 Å². The van der Waals surface area contributed by atoms with Crippen LogP contribution in [0.2, 0.25) is 0 Å². The predicted octanol–water partition coefficient (Wildman–Crippen LogP) is 4.04. The van der Waals surface area contributed by atoms with E-state index in [0.717, 1.165) is 16.7 Å². The lowest BCUT2D eigenvalue weighted by atomic mass is 9.93. The van der Waals surface area contributed by atoms with Gasteiger partial charge in [-0.15, -0.1) is 0 Å². The number of aromatic nitrogens is 2. The molecule has 0 fully saturated rings. The van der Waals surface area contributed by atoms with Crippen LogP contribution in [0.3, 0.4) is 0 Å². The third-order valence-corrected chi connectivity index (χ3v) is 4.08. The molecule has 2 aromatic carbocycles. The molecule has 3 aromatic rings. The molecule has 0 radical (unpaired) electrons. The highest BCUT2D eigenvalue weighted by Crippen LogP contribution is 2.31. The highest BCUT2D eigenvalue weighted by molar-refractivity contribution is 6.15. The van der Waals surface area contributed by atoms with Crippen LogP contribution in [0.15, 0.2) is 52.0 Å². The van der Waals surface area contributed by atoms with Crippen molar-refractivity contribution >= 4 is 17.7 Å². The van der Waals surface area contributed by atoms with Crippen LogP contribution in [0.25, 0.3) is 11.4 Å². The van der Waals surface area contributed by atoms with Gasteiger partial charge in [-0.05, 0) is 26.0 Å². The number of nitrogens with zero attached hydrogens (tertiary/aromatic N) is 3. The summed E-state index contributed by atoms with van der Waals surface area (Å²) in [4.78, 5) is 21.5. The molecule has 0 amide bonds. The minimum absolute atomic E-state index is 0.0668. The van der Waals surface area contributed by atoms with Gasteiger partial charge in [-0.3, -0.25) is 9.79 Å². The van der Waals surface area contributed by atoms with Gasteiger partial charge in [0.2, 0.25) is 11.7 Å². The third kappa shape index (κ3) is 2.44. The lowest BCUT2D eigenvalue weighted by Crippen LogP contribution is -2.18. The van der Waals surface area contributed by atoms with E-state index in [9.17, 15) is 4.79 Å². The summed E-state index contributed by atoms with van der Waals surface area (Å²) in [6.07, 6.45) is 1.58. The van der Waals surface area contributed by atoms with E-state index in [-0.39, 0.29) is 11.7 Å². The molecule has 1 aliphatic rings. The summed E-state index contributed by atoms with van der Waals surface area (Å²) in [6.45, 7) is 3.96. The van der Waals surface area contributed by atoms with Crippen molar-refractivity contribution in [1.29, 1.82) is 0 Å². The SMILES string of the molecule is Cc1ccc(-c2noc(C3C=Nc4ccc(C)cc4C3=O)n2)cc1. The lowest BCUT2D eigenvalue weighted by Gasteiger charge is -2.14. The molecule has 0 saturated carbocycles. The third-order valence-electron chi connectivity index (χ3n) is 4.08. The number of hydrogen-bond donors (Lipinski definition) is 0. The maximum absolute atomic E-state index is 12.7. The Hall–Kier alpha value is -3.08. The Kier molecular flexibility index (Phi) is 3.34. The van der Waals surface area contributed by atoms with Gasteiger partial charge in [0.1, 0.15) is 5.92 Å². The van der Waals surface area contributed by atoms with Crippen LogP contribution in [-0.2, 0) is 0 Å². The Morgan fingerprint density at radius 1 is 1.00 bits per heavy atom. The van der Waals surface area contributed by atoms with Gasteiger partial charge >= 0.3 is 0 Å². The summed E-state index contributed by atoms with van der Waals surface area (Å²) in [5.74, 6) is 0.0431. The number of fused-ring (bicyclic) bond motifs is 1. The van der Waals surface area contributed by atoms with E-state index < -0.39 is 5.92 Å². The van der Waals surface area contributed by atoms with Crippen LogP contribution in [0.5, 0.6) is 0 Å². The van der Waals surface area contributed by atoms with E-state index in [0.29, 0.717) is 17.1 Å². The van der Waals surface area contributed by atoms with E-state index in [2.05, 4.69) is 15.1 Å². The highest BCUT2D eigenvalue weighted by atomic mass is 16.5. The maximum Gasteiger partial charge on any atom is 0.243 e. The van der Waals surface area contributed by atoms with Crippen LogP contribution >= 0.6 is 0 Å². The van der Waals surface area contributed by atoms with Gasteiger partial charge in [0, 0.05) is 17.3 Å². The first-order valence-corrected chi connectivity index (χ1v) is 7.71. The molecule has 24 heavy (non-hydrogen) atoms. The molecule has 118 valence electrons. The lowest BCUT2D eigenvalue weighted by molar-refractivity contribution is 0.0971. The van der Waals surface area contributed by atoms with Crippen molar-refractivity contribution in [2.75, 3.05) is 0 Å². The van der Waals surface area contributed by atoms with E-state index in [1.807, 2.05) is 56.3 Å². The fourth-order valence-electron chi connectivity index (χ4n) is 2.71. The smallest absolute Gasteiger partial charge is 0.243 e. The Balaban J connectivity index is 1.68. The molecular weight excluding hydrogens is 302 g/mol. The monoisotopic (exact) mass is 317 g/mol. The van der Waals surface area contributed by atoms with Crippen LogP contribution < -0.4 is 0 Å². The number of Topliss-reactive ketones (excluding diaryl/α,β-unsaturated/α-hetero) is 1. The quantitative estimate of drug-likeness (QED) is 0.715. The second kappa shape index (κ2) is 5.53. The van der Waals surface area contributed by atoms with Gasteiger partial charge in [-0.25, -0.2) is 0 Å². The van der Waals surface area contributed by atoms with Gasteiger partial charge in [0.05, 0.1) is 5.69 Å². The molecule has 4 rings (SSSR count). The number of hydrogen-bond acceptors (Lipinski definition) is 5. The van der Waals surface area contributed by atoms with Gasteiger partial charge in [-0.2, -0.15) is 4.98 Å². The molecule has 0 saturated heterocycles. The second-order valence-electron chi connectivity index (χ2n) is 5.96. The summed E-state index contributed by atoms with van der Waals surface area (Å²) in [6, 6.07) is 13.5. The molecule has 2 heterocycles. The molecule has 1 aromatic heterocycles. The molecular formula is C19H15N3O2. The second-order valence-corrected chi connectivity index (χ2v) is 5.96. The average Bonchev–Trinajstić information content (AvgIpc) is 3.06. The molecule has 5 heteroatoms. The zero-order chi connectivity index (χ0) is 16.7. The Morgan fingerprint density at radius 2 is 1.75 bits per heavy atom. The number of aryl methyl sites for hydroxylation is 2. The minimum Gasteiger partial charge on any atom is -0.338 e. The zero-order valence-corrected chi connectivity index (χ0v) is 13.4. The Bertz CT molecular complexity index is 955. The fraction of sp³-hybridized carbons (Fsp3) is 0.158. The largest absolute Gasteiger partial charge is 0.338 e. The maximum atomic E-state index is 12.7. The van der Waals surface area contributed by atoms with E-state index in [1.54, 1.807) is 6.21 Å². The Morgan fingerprint density at radius 3 is 2.54 bits per heavy atom. The van der Waals surface area contributed by atoms with Crippen molar-refractivity contribution in [2.24, 2.45) is 4.99 Å². The summed E-state index contributed by atoms with van der Waals surface area (Å²) in [5, 5.41) is 4.00. The molecule has 5 nitrogen and oxygen atoms in total. The molecule has 0 aliphatic carbocycles. The number of aliphatic imine (C=N–C) groups is 1. The van der Waals surface area contributed by atoms with Gasteiger partial charge in [-0.1, -0.05) is 46.6 Å². The Labute approximate surface area is 139 Å². The minimum atomic E-state index is -0.633. The van der Waals surface area contributed by atoms with Crippen LogP contribution in [0.1, 0.15) is 33.3 Å². The first-order chi connectivity index (χ1) is 11.6. The van der Waals surface area contributed by atoms with Gasteiger partial charge < -0.3 is 4.52 Å². The molecule has 0 N–H and O–H groups in total. The van der Waals surface area contributed by atoms with Crippen molar-refractivity contribution in [3.63, 3.8) is 0 Å². The summed E-state index contributed by atoms with van der Waals surface area (Å²) in [5.41, 5.74) is 4.30. The molecule has 0 spiro atoms.